The third-order valence-corrected chi connectivity index (χ3v) is 3.54. The molecule has 1 aliphatic rings. The minimum absolute atomic E-state index is 0.449. The summed E-state index contributed by atoms with van der Waals surface area (Å²) in [6.07, 6.45) is 4.51. The van der Waals surface area contributed by atoms with Gasteiger partial charge in [-0.1, -0.05) is 0 Å². The van der Waals surface area contributed by atoms with Crippen molar-refractivity contribution in [2.75, 3.05) is 20.1 Å². The molecule has 1 aromatic rings. The summed E-state index contributed by atoms with van der Waals surface area (Å²) in [5, 5.41) is 7.78. The van der Waals surface area contributed by atoms with Crippen molar-refractivity contribution in [3.8, 4) is 0 Å². The monoisotopic (exact) mass is 236 g/mol. The summed E-state index contributed by atoms with van der Waals surface area (Å²) in [4.78, 5) is 2.53. The molecule has 0 amide bonds. The molecule has 0 bridgehead atoms. The number of piperidine rings is 1. The zero-order chi connectivity index (χ0) is 12.3. The number of likely N-dealkylation sites (N-methyl/N-ethyl adjacent to an activating group) is 1. The first-order valence-electron chi connectivity index (χ1n) is 6.62. The van der Waals surface area contributed by atoms with Crippen LogP contribution in [0.15, 0.2) is 12.3 Å². The smallest absolute Gasteiger partial charge is 0.0527 e. The molecule has 1 fully saturated rings. The van der Waals surface area contributed by atoms with Crippen molar-refractivity contribution in [2.24, 2.45) is 0 Å². The topological polar surface area (TPSA) is 33.1 Å². The van der Waals surface area contributed by atoms with Crippen LogP contribution in [0.5, 0.6) is 0 Å². The van der Waals surface area contributed by atoms with Crippen molar-refractivity contribution in [3.63, 3.8) is 0 Å². The Kier molecular flexibility index (Phi) is 4.18. The van der Waals surface area contributed by atoms with Crippen LogP contribution < -0.4 is 5.32 Å². The maximum absolute atomic E-state index is 4.39. The van der Waals surface area contributed by atoms with Crippen molar-refractivity contribution < 1.29 is 0 Å². The Balaban J connectivity index is 1.98. The highest BCUT2D eigenvalue weighted by atomic mass is 15.3. The number of aromatic nitrogens is 2. The molecule has 1 unspecified atom stereocenters. The molecule has 17 heavy (non-hydrogen) atoms. The molecule has 0 radical (unpaired) electrons. The van der Waals surface area contributed by atoms with Crippen molar-refractivity contribution in [1.29, 1.82) is 0 Å². The van der Waals surface area contributed by atoms with Crippen LogP contribution in [0.25, 0.3) is 0 Å². The van der Waals surface area contributed by atoms with Crippen molar-refractivity contribution in [3.05, 3.63) is 18.0 Å². The van der Waals surface area contributed by atoms with Gasteiger partial charge < -0.3 is 5.32 Å². The molecular formula is C13H24N4. The van der Waals surface area contributed by atoms with Crippen molar-refractivity contribution >= 4 is 0 Å². The molecule has 96 valence electrons. The Labute approximate surface area is 104 Å². The molecule has 1 atom stereocenters. The summed E-state index contributed by atoms with van der Waals surface area (Å²) >= 11 is 0. The minimum Gasteiger partial charge on any atom is -0.316 e. The molecular weight excluding hydrogens is 212 g/mol. The lowest BCUT2D eigenvalue weighted by Gasteiger charge is -2.32. The number of likely N-dealkylation sites (tertiary alicyclic amines) is 1. The zero-order valence-electron chi connectivity index (χ0n) is 11.2. The molecule has 1 aromatic heterocycles. The highest BCUT2D eigenvalue weighted by molar-refractivity contribution is 5.02. The summed E-state index contributed by atoms with van der Waals surface area (Å²) < 4.78 is 2.13. The van der Waals surface area contributed by atoms with Crippen LogP contribution in [0, 0.1) is 0 Å². The van der Waals surface area contributed by atoms with Gasteiger partial charge in [0.25, 0.3) is 0 Å². The largest absolute Gasteiger partial charge is 0.316 e. The van der Waals surface area contributed by atoms with E-state index in [-0.39, 0.29) is 0 Å². The average Bonchev–Trinajstić information content (AvgIpc) is 2.77. The van der Waals surface area contributed by atoms with Crippen LogP contribution in [0.4, 0.5) is 0 Å². The van der Waals surface area contributed by atoms with E-state index in [1.54, 1.807) is 0 Å². The van der Waals surface area contributed by atoms with Crippen LogP contribution >= 0.6 is 0 Å². The van der Waals surface area contributed by atoms with Crippen LogP contribution in [0.1, 0.15) is 38.4 Å². The van der Waals surface area contributed by atoms with E-state index in [9.17, 15) is 0 Å². The predicted octanol–water partition coefficient (Wildman–Crippen LogP) is 1.65. The normalized spacial score (nSPS) is 22.2. The number of hydrogen-bond acceptors (Lipinski definition) is 3. The Hall–Kier alpha value is -0.870. The fourth-order valence-corrected chi connectivity index (χ4v) is 2.60. The first-order valence-corrected chi connectivity index (χ1v) is 6.62. The van der Waals surface area contributed by atoms with Gasteiger partial charge in [-0.3, -0.25) is 9.58 Å². The van der Waals surface area contributed by atoms with Gasteiger partial charge in [-0.15, -0.1) is 0 Å². The lowest BCUT2D eigenvalue weighted by molar-refractivity contribution is 0.182. The molecule has 0 spiro atoms. The maximum Gasteiger partial charge on any atom is 0.0527 e. The average molecular weight is 236 g/mol. The molecule has 0 aliphatic carbocycles. The third kappa shape index (κ3) is 3.07. The summed E-state index contributed by atoms with van der Waals surface area (Å²) in [5.74, 6) is 0. The fraction of sp³-hybridized carbons (Fsp3) is 0.769. The van der Waals surface area contributed by atoms with Gasteiger partial charge in [0.05, 0.1) is 5.69 Å². The van der Waals surface area contributed by atoms with E-state index in [1.165, 1.54) is 25.1 Å². The number of nitrogens with zero attached hydrogens (tertiary/aromatic N) is 3. The fourth-order valence-electron chi connectivity index (χ4n) is 2.60. The Morgan fingerprint density at radius 1 is 1.53 bits per heavy atom. The van der Waals surface area contributed by atoms with Gasteiger partial charge in [0.15, 0.2) is 0 Å². The van der Waals surface area contributed by atoms with Gasteiger partial charge in [-0.05, 0) is 46.3 Å². The first kappa shape index (κ1) is 12.6. The standard InChI is InChI=1S/C13H24N4/c1-11(2)17-13(6-7-15-17)10-16-8-4-5-12(9-16)14-3/h6-7,11-12,14H,4-5,8-10H2,1-3H3. The number of nitrogens with one attached hydrogen (secondary N) is 1. The number of hydrogen-bond donors (Lipinski definition) is 1. The van der Waals surface area contributed by atoms with E-state index < -0.39 is 0 Å². The van der Waals surface area contributed by atoms with E-state index in [1.807, 2.05) is 6.20 Å². The van der Waals surface area contributed by atoms with Crippen LogP contribution in [0.2, 0.25) is 0 Å². The zero-order valence-corrected chi connectivity index (χ0v) is 11.2. The quantitative estimate of drug-likeness (QED) is 0.863. The molecule has 1 aliphatic heterocycles. The van der Waals surface area contributed by atoms with E-state index in [4.69, 9.17) is 0 Å². The van der Waals surface area contributed by atoms with Gasteiger partial charge in [-0.2, -0.15) is 5.10 Å². The summed E-state index contributed by atoms with van der Waals surface area (Å²) in [7, 11) is 2.06. The van der Waals surface area contributed by atoms with E-state index in [0.717, 1.165) is 13.1 Å². The first-order chi connectivity index (χ1) is 8.20. The Bertz CT molecular complexity index is 345. The van der Waals surface area contributed by atoms with Crippen molar-refractivity contribution in [2.45, 2.75) is 45.3 Å². The second kappa shape index (κ2) is 5.65. The molecule has 2 rings (SSSR count). The molecule has 2 heterocycles. The van der Waals surface area contributed by atoms with Gasteiger partial charge in [0, 0.05) is 31.4 Å². The second-order valence-electron chi connectivity index (χ2n) is 5.22. The van der Waals surface area contributed by atoms with Crippen LogP contribution in [-0.2, 0) is 6.54 Å². The number of rotatable bonds is 4. The third-order valence-electron chi connectivity index (χ3n) is 3.54. The maximum atomic E-state index is 4.39. The minimum atomic E-state index is 0.449. The van der Waals surface area contributed by atoms with Gasteiger partial charge in [0.1, 0.15) is 0 Å². The highest BCUT2D eigenvalue weighted by Gasteiger charge is 2.19. The highest BCUT2D eigenvalue weighted by Crippen LogP contribution is 2.15. The molecule has 0 aromatic carbocycles. The Morgan fingerprint density at radius 3 is 3.06 bits per heavy atom. The van der Waals surface area contributed by atoms with Crippen LogP contribution in [-0.4, -0.2) is 40.9 Å². The molecule has 0 saturated carbocycles. The lowest BCUT2D eigenvalue weighted by atomic mass is 10.1. The SMILES string of the molecule is CNC1CCCN(Cc2ccnn2C(C)C)C1. The summed E-state index contributed by atoms with van der Waals surface area (Å²) in [5.41, 5.74) is 1.33. The molecule has 4 heteroatoms. The Morgan fingerprint density at radius 2 is 2.35 bits per heavy atom. The van der Waals surface area contributed by atoms with Crippen LogP contribution in [0.3, 0.4) is 0 Å². The van der Waals surface area contributed by atoms with Gasteiger partial charge in [0.2, 0.25) is 0 Å². The molecule has 1 saturated heterocycles. The van der Waals surface area contributed by atoms with E-state index in [2.05, 4.69) is 47.0 Å². The summed E-state index contributed by atoms with van der Waals surface area (Å²) in [6, 6.07) is 3.24. The van der Waals surface area contributed by atoms with E-state index in [0.29, 0.717) is 12.1 Å². The van der Waals surface area contributed by atoms with E-state index >= 15 is 0 Å². The van der Waals surface area contributed by atoms with Gasteiger partial charge in [-0.25, -0.2) is 0 Å². The molecule has 1 N–H and O–H groups in total. The lowest BCUT2D eigenvalue weighted by Crippen LogP contribution is -2.44. The van der Waals surface area contributed by atoms with Crippen molar-refractivity contribution in [1.82, 2.24) is 20.0 Å². The summed E-state index contributed by atoms with van der Waals surface area (Å²) in [6.45, 7) is 7.75. The second-order valence-corrected chi connectivity index (χ2v) is 5.22. The van der Waals surface area contributed by atoms with Gasteiger partial charge >= 0.3 is 0 Å². The predicted molar refractivity (Wildman–Crippen MR) is 70.0 cm³/mol. The molecule has 4 nitrogen and oxygen atoms in total.